The molecule has 5 atom stereocenters. The molecule has 2 aliphatic carbocycles. The second kappa shape index (κ2) is 5.03. The summed E-state index contributed by atoms with van der Waals surface area (Å²) in [5.41, 5.74) is 2.76. The zero-order valence-electron chi connectivity index (χ0n) is 12.8. The number of esters is 1. The second-order valence-electron chi connectivity index (χ2n) is 6.95. The Labute approximate surface area is 121 Å². The molecule has 3 rings (SSSR count). The number of hydrogen-bond donors (Lipinski definition) is 0. The Kier molecular flexibility index (Phi) is 3.49. The monoisotopic (exact) mass is 275 g/mol. The van der Waals surface area contributed by atoms with Gasteiger partial charge in [0.25, 0.3) is 0 Å². The first kappa shape index (κ1) is 13.9. The van der Waals surface area contributed by atoms with Crippen LogP contribution in [0.5, 0.6) is 0 Å². The van der Waals surface area contributed by atoms with E-state index in [1.165, 1.54) is 17.6 Å². The third-order valence-electron chi connectivity index (χ3n) is 5.39. The molecule has 0 aromatic rings. The van der Waals surface area contributed by atoms with Gasteiger partial charge in [0.15, 0.2) is 0 Å². The van der Waals surface area contributed by atoms with E-state index in [2.05, 4.69) is 24.5 Å². The van der Waals surface area contributed by atoms with Crippen molar-refractivity contribution < 1.29 is 9.53 Å². The quantitative estimate of drug-likeness (QED) is 0.573. The molecule has 0 amide bonds. The maximum Gasteiger partial charge on any atom is 0.310 e. The SMILES string of the molecule is C=C1CC[C@H]2C(C)=CC[C@@H]3[C@H](OC(=O)[C@H]3CN(C)C)[C@@H]12. The highest BCUT2D eigenvalue weighted by Gasteiger charge is 2.52. The van der Waals surface area contributed by atoms with Crippen LogP contribution >= 0.6 is 0 Å². The first-order chi connectivity index (χ1) is 9.49. The predicted molar refractivity (Wildman–Crippen MR) is 79.1 cm³/mol. The molecule has 3 nitrogen and oxygen atoms in total. The van der Waals surface area contributed by atoms with E-state index >= 15 is 0 Å². The van der Waals surface area contributed by atoms with Crippen LogP contribution in [0.25, 0.3) is 0 Å². The van der Waals surface area contributed by atoms with E-state index in [0.29, 0.717) is 17.8 Å². The zero-order chi connectivity index (χ0) is 14.4. The molecule has 1 heterocycles. The van der Waals surface area contributed by atoms with Crippen molar-refractivity contribution in [1.29, 1.82) is 0 Å². The largest absolute Gasteiger partial charge is 0.461 e. The summed E-state index contributed by atoms with van der Waals surface area (Å²) < 4.78 is 5.83. The molecular weight excluding hydrogens is 250 g/mol. The number of hydrogen-bond acceptors (Lipinski definition) is 3. The van der Waals surface area contributed by atoms with Gasteiger partial charge in [-0.15, -0.1) is 0 Å². The van der Waals surface area contributed by atoms with Crippen molar-refractivity contribution in [3.63, 3.8) is 0 Å². The van der Waals surface area contributed by atoms with E-state index in [4.69, 9.17) is 4.74 Å². The summed E-state index contributed by atoms with van der Waals surface area (Å²) in [4.78, 5) is 14.4. The van der Waals surface area contributed by atoms with Crippen LogP contribution in [0.1, 0.15) is 26.2 Å². The minimum Gasteiger partial charge on any atom is -0.461 e. The van der Waals surface area contributed by atoms with E-state index < -0.39 is 0 Å². The van der Waals surface area contributed by atoms with E-state index in [9.17, 15) is 4.79 Å². The van der Waals surface area contributed by atoms with Crippen LogP contribution in [-0.2, 0) is 9.53 Å². The van der Waals surface area contributed by atoms with Gasteiger partial charge in [0.1, 0.15) is 6.10 Å². The Morgan fingerprint density at radius 3 is 2.90 bits per heavy atom. The summed E-state index contributed by atoms with van der Waals surface area (Å²) in [6.07, 6.45) is 5.64. The smallest absolute Gasteiger partial charge is 0.310 e. The molecule has 0 radical (unpaired) electrons. The molecule has 20 heavy (non-hydrogen) atoms. The van der Waals surface area contributed by atoms with Gasteiger partial charge in [-0.05, 0) is 46.2 Å². The van der Waals surface area contributed by atoms with Gasteiger partial charge < -0.3 is 9.64 Å². The molecule has 3 heteroatoms. The Morgan fingerprint density at radius 2 is 2.20 bits per heavy atom. The van der Waals surface area contributed by atoms with E-state index in [1.807, 2.05) is 14.1 Å². The number of carbonyl (C=O) groups excluding carboxylic acids is 1. The van der Waals surface area contributed by atoms with Gasteiger partial charge in [0.05, 0.1) is 5.92 Å². The Hall–Kier alpha value is -1.09. The normalized spacial score (nSPS) is 40.2. The summed E-state index contributed by atoms with van der Waals surface area (Å²) in [5, 5.41) is 0. The molecule has 0 unspecified atom stereocenters. The minimum atomic E-state index is 0.0000954. The molecule has 2 fully saturated rings. The van der Waals surface area contributed by atoms with Crippen LogP contribution in [0.2, 0.25) is 0 Å². The Morgan fingerprint density at radius 1 is 1.45 bits per heavy atom. The summed E-state index contributed by atoms with van der Waals surface area (Å²) in [6, 6.07) is 0. The van der Waals surface area contributed by atoms with Crippen LogP contribution < -0.4 is 0 Å². The minimum absolute atomic E-state index is 0.0000954. The molecule has 1 saturated heterocycles. The van der Waals surface area contributed by atoms with E-state index in [1.54, 1.807) is 0 Å². The van der Waals surface area contributed by atoms with E-state index in [-0.39, 0.29) is 18.0 Å². The average molecular weight is 275 g/mol. The molecule has 1 aliphatic heterocycles. The van der Waals surface area contributed by atoms with Crippen LogP contribution in [0.15, 0.2) is 23.8 Å². The number of rotatable bonds is 2. The van der Waals surface area contributed by atoms with E-state index in [0.717, 1.165) is 19.4 Å². The molecule has 1 saturated carbocycles. The van der Waals surface area contributed by atoms with Crippen LogP contribution in [0.3, 0.4) is 0 Å². The number of allylic oxidation sites excluding steroid dienone is 2. The van der Waals surface area contributed by atoms with Gasteiger partial charge in [0.2, 0.25) is 0 Å². The molecule has 0 aromatic heterocycles. The lowest BCUT2D eigenvalue weighted by atomic mass is 9.78. The second-order valence-corrected chi connectivity index (χ2v) is 6.95. The summed E-state index contributed by atoms with van der Waals surface area (Å²) in [5.74, 6) is 1.24. The van der Waals surface area contributed by atoms with Crippen LogP contribution in [-0.4, -0.2) is 37.6 Å². The number of ether oxygens (including phenoxy) is 1. The fourth-order valence-electron chi connectivity index (χ4n) is 4.37. The number of carbonyl (C=O) groups is 1. The maximum absolute atomic E-state index is 12.3. The van der Waals surface area contributed by atoms with Crippen LogP contribution in [0, 0.1) is 23.7 Å². The van der Waals surface area contributed by atoms with Crippen molar-refractivity contribution in [3.8, 4) is 0 Å². The summed E-state index contributed by atoms with van der Waals surface area (Å²) in [7, 11) is 4.05. The zero-order valence-corrected chi connectivity index (χ0v) is 12.8. The van der Waals surface area contributed by atoms with Gasteiger partial charge in [0, 0.05) is 18.4 Å². The average Bonchev–Trinajstić information content (AvgIpc) is 2.84. The number of fused-ring (bicyclic) bond motifs is 3. The fraction of sp³-hybridized carbons (Fsp3) is 0.706. The third-order valence-corrected chi connectivity index (χ3v) is 5.39. The highest BCUT2D eigenvalue weighted by molar-refractivity contribution is 5.76. The predicted octanol–water partition coefficient (Wildman–Crippen LogP) is 2.64. The summed E-state index contributed by atoms with van der Waals surface area (Å²) in [6.45, 7) is 7.28. The van der Waals surface area contributed by atoms with Gasteiger partial charge >= 0.3 is 5.97 Å². The lowest BCUT2D eigenvalue weighted by molar-refractivity contribution is -0.146. The van der Waals surface area contributed by atoms with Gasteiger partial charge in [-0.1, -0.05) is 23.8 Å². The highest BCUT2D eigenvalue weighted by Crippen LogP contribution is 2.50. The first-order valence-electron chi connectivity index (χ1n) is 7.68. The molecule has 3 aliphatic rings. The van der Waals surface area contributed by atoms with Crippen molar-refractivity contribution in [3.05, 3.63) is 23.8 Å². The lowest BCUT2D eigenvalue weighted by Crippen LogP contribution is -2.33. The molecular formula is C17H25NO2. The molecule has 0 bridgehead atoms. The number of nitrogens with zero attached hydrogens (tertiary/aromatic N) is 1. The Bertz CT molecular complexity index is 466. The topological polar surface area (TPSA) is 29.5 Å². The fourth-order valence-corrected chi connectivity index (χ4v) is 4.37. The molecule has 110 valence electrons. The standard InChI is InChI=1S/C17H25NO2/c1-10-5-8-13-14(9-18(3)4)17(19)20-16(13)15-11(2)6-7-12(10)15/h5,12-16H,2,6-9H2,1,3-4H3/t12-,13-,14-,15-,16-/m0/s1. The third kappa shape index (κ3) is 2.12. The van der Waals surface area contributed by atoms with Crippen molar-refractivity contribution in [2.24, 2.45) is 23.7 Å². The van der Waals surface area contributed by atoms with Gasteiger partial charge in [-0.25, -0.2) is 0 Å². The van der Waals surface area contributed by atoms with Crippen molar-refractivity contribution in [1.82, 2.24) is 4.90 Å². The first-order valence-corrected chi connectivity index (χ1v) is 7.68. The summed E-state index contributed by atoms with van der Waals surface area (Å²) >= 11 is 0. The van der Waals surface area contributed by atoms with Crippen molar-refractivity contribution in [2.75, 3.05) is 20.6 Å². The maximum atomic E-state index is 12.3. The molecule has 0 spiro atoms. The Balaban J connectivity index is 1.92. The molecule has 0 N–H and O–H groups in total. The highest BCUT2D eigenvalue weighted by atomic mass is 16.6. The van der Waals surface area contributed by atoms with Crippen molar-refractivity contribution in [2.45, 2.75) is 32.3 Å². The lowest BCUT2D eigenvalue weighted by Gasteiger charge is -2.28. The van der Waals surface area contributed by atoms with Crippen molar-refractivity contribution >= 4 is 5.97 Å². The van der Waals surface area contributed by atoms with Gasteiger partial charge in [-0.2, -0.15) is 0 Å². The van der Waals surface area contributed by atoms with Crippen LogP contribution in [0.4, 0.5) is 0 Å². The molecule has 0 aromatic carbocycles. The van der Waals surface area contributed by atoms with Gasteiger partial charge in [-0.3, -0.25) is 4.79 Å².